The van der Waals surface area contributed by atoms with Gasteiger partial charge >= 0.3 is 6.09 Å². The van der Waals surface area contributed by atoms with Crippen LogP contribution in [0.3, 0.4) is 0 Å². The maximum Gasteiger partial charge on any atom is 0.407 e. The predicted octanol–water partition coefficient (Wildman–Crippen LogP) is 2.73. The first-order valence-electron chi connectivity index (χ1n) is 8.47. The van der Waals surface area contributed by atoms with Gasteiger partial charge in [0.05, 0.1) is 6.54 Å². The average Bonchev–Trinajstić information content (AvgIpc) is 3.32. The van der Waals surface area contributed by atoms with Gasteiger partial charge in [-0.2, -0.15) is 0 Å². The minimum atomic E-state index is -0.546. The van der Waals surface area contributed by atoms with Crippen LogP contribution in [0.4, 0.5) is 4.79 Å². The van der Waals surface area contributed by atoms with Crippen LogP contribution in [0.25, 0.3) is 0 Å². The van der Waals surface area contributed by atoms with Crippen molar-refractivity contribution in [3.8, 4) is 0 Å². The Kier molecular flexibility index (Phi) is 6.67. The van der Waals surface area contributed by atoms with Gasteiger partial charge in [0.1, 0.15) is 5.60 Å². The molecule has 0 heterocycles. The van der Waals surface area contributed by atoms with Crippen molar-refractivity contribution in [2.24, 2.45) is 0 Å². The summed E-state index contributed by atoms with van der Waals surface area (Å²) < 4.78 is 5.23. The van der Waals surface area contributed by atoms with Crippen LogP contribution in [0.15, 0.2) is 18.2 Å². The van der Waals surface area contributed by atoms with Gasteiger partial charge in [-0.1, -0.05) is 17.7 Å². The van der Waals surface area contributed by atoms with Crippen LogP contribution in [0.1, 0.15) is 44.7 Å². The molecule has 7 heteroatoms. The molecule has 1 fully saturated rings. The molecule has 2 amide bonds. The molecular weight excluding hydrogens is 342 g/mol. The maximum absolute atomic E-state index is 11.9. The summed E-state index contributed by atoms with van der Waals surface area (Å²) in [5.74, 6) is -0.0575. The Morgan fingerprint density at radius 3 is 2.48 bits per heavy atom. The Morgan fingerprint density at radius 1 is 1.16 bits per heavy atom. The number of rotatable bonds is 7. The van der Waals surface area contributed by atoms with Gasteiger partial charge in [0.2, 0.25) is 5.91 Å². The van der Waals surface area contributed by atoms with Gasteiger partial charge < -0.3 is 20.7 Å². The first kappa shape index (κ1) is 19.5. The summed E-state index contributed by atoms with van der Waals surface area (Å²) in [6, 6.07) is 5.88. The summed E-state index contributed by atoms with van der Waals surface area (Å²) in [6.07, 6.45) is 1.80. The van der Waals surface area contributed by atoms with Crippen LogP contribution in [-0.2, 0) is 22.6 Å². The lowest BCUT2D eigenvalue weighted by Crippen LogP contribution is -2.35. The molecule has 0 saturated heterocycles. The highest BCUT2D eigenvalue weighted by Crippen LogP contribution is 2.18. The fourth-order valence-electron chi connectivity index (χ4n) is 2.19. The highest BCUT2D eigenvalue weighted by atomic mass is 35.5. The second-order valence-electron chi connectivity index (χ2n) is 7.20. The van der Waals surface area contributed by atoms with E-state index in [1.54, 1.807) is 12.1 Å². The summed E-state index contributed by atoms with van der Waals surface area (Å²) in [5, 5.41) is 9.35. The third-order valence-corrected chi connectivity index (χ3v) is 3.83. The summed E-state index contributed by atoms with van der Waals surface area (Å²) in [6.45, 7) is 6.41. The molecular formula is C18H26ClN3O3. The van der Waals surface area contributed by atoms with E-state index in [2.05, 4.69) is 16.0 Å². The van der Waals surface area contributed by atoms with Crippen molar-refractivity contribution in [2.75, 3.05) is 6.54 Å². The van der Waals surface area contributed by atoms with Gasteiger partial charge in [0, 0.05) is 24.2 Å². The Bertz CT molecular complexity index is 624. The van der Waals surface area contributed by atoms with Gasteiger partial charge in [-0.15, -0.1) is 0 Å². The second kappa shape index (κ2) is 8.54. The third kappa shape index (κ3) is 7.75. The first-order valence-corrected chi connectivity index (χ1v) is 8.85. The zero-order chi connectivity index (χ0) is 18.4. The fourth-order valence-corrected chi connectivity index (χ4v) is 2.39. The first-order chi connectivity index (χ1) is 11.7. The number of carbonyl (C=O) groups is 2. The summed E-state index contributed by atoms with van der Waals surface area (Å²) in [7, 11) is 0. The quantitative estimate of drug-likeness (QED) is 0.692. The molecule has 25 heavy (non-hydrogen) atoms. The lowest BCUT2D eigenvalue weighted by atomic mass is 10.1. The lowest BCUT2D eigenvalue weighted by molar-refractivity contribution is -0.120. The normalized spacial score (nSPS) is 14.1. The van der Waals surface area contributed by atoms with Crippen LogP contribution in [0, 0.1) is 0 Å². The molecule has 1 aliphatic carbocycles. The summed E-state index contributed by atoms with van der Waals surface area (Å²) in [4.78, 5) is 23.7. The van der Waals surface area contributed by atoms with Gasteiger partial charge in [-0.05, 0) is 56.9 Å². The Balaban J connectivity index is 1.87. The number of hydrogen-bond donors (Lipinski definition) is 3. The number of nitrogens with one attached hydrogen (secondary N) is 3. The zero-order valence-electron chi connectivity index (χ0n) is 14.9. The zero-order valence-corrected chi connectivity index (χ0v) is 15.7. The molecule has 3 N–H and O–H groups in total. The average molecular weight is 368 g/mol. The van der Waals surface area contributed by atoms with Crippen molar-refractivity contribution in [3.05, 3.63) is 34.3 Å². The van der Waals surface area contributed by atoms with Crippen molar-refractivity contribution < 1.29 is 14.3 Å². The Labute approximate surface area is 153 Å². The van der Waals surface area contributed by atoms with Gasteiger partial charge in [0.25, 0.3) is 0 Å². The number of hydrogen-bond acceptors (Lipinski definition) is 4. The molecule has 1 aliphatic rings. The van der Waals surface area contributed by atoms with E-state index < -0.39 is 11.7 Å². The van der Waals surface area contributed by atoms with Crippen LogP contribution in [0.5, 0.6) is 0 Å². The maximum atomic E-state index is 11.9. The molecule has 0 unspecified atom stereocenters. The molecule has 0 bridgehead atoms. The molecule has 0 aromatic heterocycles. The van der Waals surface area contributed by atoms with E-state index in [9.17, 15) is 9.59 Å². The SMILES string of the molecule is CC(C)(C)OC(=O)NCc1ccc(Cl)cc1CNC(=O)CNC1CC1. The van der Waals surface area contributed by atoms with E-state index in [-0.39, 0.29) is 5.91 Å². The fraction of sp³-hybridized carbons (Fsp3) is 0.556. The summed E-state index contributed by atoms with van der Waals surface area (Å²) in [5.41, 5.74) is 1.20. The molecule has 138 valence electrons. The number of benzene rings is 1. The lowest BCUT2D eigenvalue weighted by Gasteiger charge is -2.20. The topological polar surface area (TPSA) is 79.5 Å². The minimum Gasteiger partial charge on any atom is -0.444 e. The van der Waals surface area contributed by atoms with Crippen LogP contribution in [0.2, 0.25) is 5.02 Å². The van der Waals surface area contributed by atoms with E-state index in [0.29, 0.717) is 30.7 Å². The number of alkyl carbamates (subject to hydrolysis) is 1. The minimum absolute atomic E-state index is 0.0575. The van der Waals surface area contributed by atoms with Gasteiger partial charge in [-0.25, -0.2) is 4.79 Å². The third-order valence-electron chi connectivity index (χ3n) is 3.60. The van der Waals surface area contributed by atoms with Crippen molar-refractivity contribution in [1.82, 2.24) is 16.0 Å². The molecule has 2 rings (SSSR count). The molecule has 6 nitrogen and oxygen atoms in total. The van der Waals surface area contributed by atoms with Crippen LogP contribution in [-0.4, -0.2) is 30.2 Å². The molecule has 0 aliphatic heterocycles. The molecule has 0 radical (unpaired) electrons. The van der Waals surface area contributed by atoms with Gasteiger partial charge in [-0.3, -0.25) is 4.79 Å². The van der Waals surface area contributed by atoms with Crippen LogP contribution >= 0.6 is 11.6 Å². The number of ether oxygens (including phenoxy) is 1. The molecule has 0 spiro atoms. The van der Waals surface area contributed by atoms with E-state index in [0.717, 1.165) is 24.0 Å². The van der Waals surface area contributed by atoms with E-state index >= 15 is 0 Å². The van der Waals surface area contributed by atoms with E-state index in [1.165, 1.54) is 0 Å². The molecule has 1 saturated carbocycles. The largest absolute Gasteiger partial charge is 0.444 e. The summed E-state index contributed by atoms with van der Waals surface area (Å²) >= 11 is 6.06. The molecule has 1 aromatic carbocycles. The number of halogens is 1. The van der Waals surface area contributed by atoms with Crippen LogP contribution < -0.4 is 16.0 Å². The Hall–Kier alpha value is -1.79. The molecule has 1 aromatic rings. The molecule has 0 atom stereocenters. The highest BCUT2D eigenvalue weighted by Gasteiger charge is 2.21. The van der Waals surface area contributed by atoms with Crippen molar-refractivity contribution in [3.63, 3.8) is 0 Å². The standard InChI is InChI=1S/C18H26ClN3O3/c1-18(2,3)25-17(24)22-9-12-4-5-14(19)8-13(12)10-21-16(23)11-20-15-6-7-15/h4-5,8,15,20H,6-7,9-11H2,1-3H3,(H,21,23)(H,22,24). The predicted molar refractivity (Wildman–Crippen MR) is 97.4 cm³/mol. The number of amides is 2. The second-order valence-corrected chi connectivity index (χ2v) is 7.64. The van der Waals surface area contributed by atoms with Crippen molar-refractivity contribution in [2.45, 2.75) is 58.3 Å². The highest BCUT2D eigenvalue weighted by molar-refractivity contribution is 6.30. The smallest absolute Gasteiger partial charge is 0.407 e. The number of carbonyl (C=O) groups excluding carboxylic acids is 2. The Morgan fingerprint density at radius 2 is 1.84 bits per heavy atom. The van der Waals surface area contributed by atoms with Gasteiger partial charge in [0.15, 0.2) is 0 Å². The van der Waals surface area contributed by atoms with E-state index in [1.807, 2.05) is 26.8 Å². The monoisotopic (exact) mass is 367 g/mol. The van der Waals surface area contributed by atoms with Crippen molar-refractivity contribution in [1.29, 1.82) is 0 Å². The van der Waals surface area contributed by atoms with E-state index in [4.69, 9.17) is 16.3 Å². The van der Waals surface area contributed by atoms with Crippen molar-refractivity contribution >= 4 is 23.6 Å².